The molecule has 0 saturated carbocycles. The van der Waals surface area contributed by atoms with E-state index in [0.29, 0.717) is 37.6 Å². The molecule has 4 heteroatoms. The van der Waals surface area contributed by atoms with Gasteiger partial charge in [-0.2, -0.15) is 0 Å². The normalized spacial score (nSPS) is 14.9. The van der Waals surface area contributed by atoms with Crippen molar-refractivity contribution in [1.29, 1.82) is 0 Å². The topological polar surface area (TPSA) is 27.7 Å². The predicted octanol–water partition coefficient (Wildman–Crippen LogP) is 4.66. The molecule has 3 unspecified atom stereocenters. The van der Waals surface area contributed by atoms with Gasteiger partial charge < -0.3 is 14.0 Å². The molecule has 0 aromatic heterocycles. The number of rotatable bonds is 15. The second kappa shape index (κ2) is 13.8. The van der Waals surface area contributed by atoms with Gasteiger partial charge in [0.15, 0.2) is 0 Å². The van der Waals surface area contributed by atoms with Gasteiger partial charge in [-0.1, -0.05) is 39.0 Å². The van der Waals surface area contributed by atoms with E-state index in [9.17, 15) is 0 Å². The first kappa shape index (κ1) is 21.2. The van der Waals surface area contributed by atoms with Gasteiger partial charge in [-0.3, -0.25) is 0 Å². The molecule has 0 aromatic rings. The van der Waals surface area contributed by atoms with E-state index in [4.69, 9.17) is 14.0 Å². The molecule has 22 heavy (non-hydrogen) atoms. The molecule has 0 aliphatic carbocycles. The van der Waals surface area contributed by atoms with Crippen LogP contribution in [0.2, 0.25) is 0 Å². The van der Waals surface area contributed by atoms with Crippen molar-refractivity contribution in [1.82, 2.24) is 0 Å². The summed E-state index contributed by atoms with van der Waals surface area (Å²) < 4.78 is 17.3. The van der Waals surface area contributed by atoms with Gasteiger partial charge in [0.25, 0.3) is 0 Å². The quantitative estimate of drug-likeness (QED) is 0.325. The Morgan fingerprint density at radius 1 is 0.682 bits per heavy atom. The summed E-state index contributed by atoms with van der Waals surface area (Å²) in [4.78, 5) is 0. The van der Waals surface area contributed by atoms with Gasteiger partial charge in [0.2, 0.25) is 0 Å². The maximum Gasteiger partial charge on any atom is 0.639 e. The van der Waals surface area contributed by atoms with E-state index in [-0.39, 0.29) is 0 Å². The molecule has 0 radical (unpaired) electrons. The minimum atomic E-state index is -0.605. The van der Waals surface area contributed by atoms with E-state index in [1.54, 1.807) is 0 Å². The van der Waals surface area contributed by atoms with Crippen molar-refractivity contribution in [3.8, 4) is 0 Å². The average Bonchev–Trinajstić information content (AvgIpc) is 2.47. The first-order valence-corrected chi connectivity index (χ1v) is 8.20. The Balaban J connectivity index is 4.25. The van der Waals surface area contributed by atoms with E-state index in [1.165, 1.54) is 0 Å². The van der Waals surface area contributed by atoms with Gasteiger partial charge in [-0.05, 0) is 37.0 Å². The first-order valence-electron chi connectivity index (χ1n) is 8.20. The molecule has 0 bridgehead atoms. The lowest BCUT2D eigenvalue weighted by Gasteiger charge is -2.20. The van der Waals surface area contributed by atoms with Crippen LogP contribution >= 0.6 is 0 Å². The van der Waals surface area contributed by atoms with Gasteiger partial charge >= 0.3 is 7.32 Å². The van der Waals surface area contributed by atoms with Gasteiger partial charge in [0.1, 0.15) is 0 Å². The average molecular weight is 308 g/mol. The molecule has 3 atom stereocenters. The van der Waals surface area contributed by atoms with Crippen molar-refractivity contribution in [2.24, 2.45) is 17.8 Å². The molecule has 0 amide bonds. The number of hydrogen-bond donors (Lipinski definition) is 0. The van der Waals surface area contributed by atoms with Crippen LogP contribution in [0.15, 0.2) is 38.0 Å². The van der Waals surface area contributed by atoms with E-state index < -0.39 is 7.32 Å². The lowest BCUT2D eigenvalue weighted by Crippen LogP contribution is -2.32. The zero-order valence-electron chi connectivity index (χ0n) is 14.6. The molecular weight excluding hydrogens is 275 g/mol. The van der Waals surface area contributed by atoms with Crippen LogP contribution in [0.3, 0.4) is 0 Å². The van der Waals surface area contributed by atoms with Crippen LogP contribution in [0.4, 0.5) is 0 Å². The Hall–Kier alpha value is -0.835. The van der Waals surface area contributed by atoms with Crippen molar-refractivity contribution < 1.29 is 14.0 Å². The molecule has 0 N–H and O–H groups in total. The lowest BCUT2D eigenvalue weighted by atomic mass is 10.1. The standard InChI is InChI=1S/C18H33BO3/c1-7-10-16(4)13-20-19(21-14-17(5)11-8-2)22-15-18(6)12-9-3/h7-9,16-18H,1-3,10-15H2,4-6H3. The third-order valence-corrected chi connectivity index (χ3v) is 3.26. The first-order chi connectivity index (χ1) is 10.5. The highest BCUT2D eigenvalue weighted by molar-refractivity contribution is 6.36. The van der Waals surface area contributed by atoms with Crippen LogP contribution in [0.25, 0.3) is 0 Å². The van der Waals surface area contributed by atoms with Gasteiger partial charge in [-0.25, -0.2) is 0 Å². The van der Waals surface area contributed by atoms with Crippen LogP contribution in [0.1, 0.15) is 40.0 Å². The molecule has 0 rings (SSSR count). The van der Waals surface area contributed by atoms with Crippen LogP contribution < -0.4 is 0 Å². The SMILES string of the molecule is C=CCC(C)COB(OCC(C)CC=C)OCC(C)CC=C. The maximum atomic E-state index is 5.77. The van der Waals surface area contributed by atoms with Crippen molar-refractivity contribution >= 4 is 7.32 Å². The summed E-state index contributed by atoms with van der Waals surface area (Å²) in [5.41, 5.74) is 0. The summed E-state index contributed by atoms with van der Waals surface area (Å²) >= 11 is 0. The van der Waals surface area contributed by atoms with E-state index in [2.05, 4.69) is 40.5 Å². The summed E-state index contributed by atoms with van der Waals surface area (Å²) in [6.07, 6.45) is 8.49. The minimum absolute atomic E-state index is 0.406. The summed E-state index contributed by atoms with van der Waals surface area (Å²) in [6.45, 7) is 19.4. The fourth-order valence-electron chi connectivity index (χ4n) is 1.93. The van der Waals surface area contributed by atoms with E-state index >= 15 is 0 Å². The zero-order valence-corrected chi connectivity index (χ0v) is 14.6. The van der Waals surface area contributed by atoms with Gasteiger partial charge in [0.05, 0.1) is 0 Å². The number of allylic oxidation sites excluding steroid dienone is 3. The second-order valence-electron chi connectivity index (χ2n) is 6.18. The Morgan fingerprint density at radius 2 is 0.955 bits per heavy atom. The highest BCUT2D eigenvalue weighted by Gasteiger charge is 2.24. The van der Waals surface area contributed by atoms with Crippen molar-refractivity contribution in [2.45, 2.75) is 40.0 Å². The van der Waals surface area contributed by atoms with Crippen molar-refractivity contribution in [3.05, 3.63) is 38.0 Å². The van der Waals surface area contributed by atoms with Gasteiger partial charge in [-0.15, -0.1) is 19.7 Å². The highest BCUT2D eigenvalue weighted by Crippen LogP contribution is 2.10. The minimum Gasteiger partial charge on any atom is -0.386 e. The van der Waals surface area contributed by atoms with Crippen molar-refractivity contribution in [2.75, 3.05) is 19.8 Å². The monoisotopic (exact) mass is 308 g/mol. The number of hydrogen-bond acceptors (Lipinski definition) is 3. The smallest absolute Gasteiger partial charge is 0.386 e. The van der Waals surface area contributed by atoms with Crippen LogP contribution in [0.5, 0.6) is 0 Å². The zero-order chi connectivity index (χ0) is 16.8. The van der Waals surface area contributed by atoms with Crippen molar-refractivity contribution in [3.63, 3.8) is 0 Å². The Bertz CT molecular complexity index is 259. The van der Waals surface area contributed by atoms with Crippen LogP contribution in [-0.4, -0.2) is 27.1 Å². The molecule has 0 aromatic carbocycles. The lowest BCUT2D eigenvalue weighted by molar-refractivity contribution is 0.0639. The fourth-order valence-corrected chi connectivity index (χ4v) is 1.93. The summed E-state index contributed by atoms with van der Waals surface area (Å²) in [7, 11) is -0.605. The van der Waals surface area contributed by atoms with Gasteiger partial charge in [0, 0.05) is 19.8 Å². The Kier molecular flexibility index (Phi) is 13.3. The summed E-state index contributed by atoms with van der Waals surface area (Å²) in [6, 6.07) is 0. The third-order valence-electron chi connectivity index (χ3n) is 3.26. The Morgan fingerprint density at radius 3 is 1.18 bits per heavy atom. The predicted molar refractivity (Wildman–Crippen MR) is 95.5 cm³/mol. The molecule has 0 aliphatic rings. The fraction of sp³-hybridized carbons (Fsp3) is 0.667. The molecule has 0 spiro atoms. The van der Waals surface area contributed by atoms with Crippen LogP contribution in [-0.2, 0) is 14.0 Å². The van der Waals surface area contributed by atoms with E-state index in [1.807, 2.05) is 18.2 Å². The highest BCUT2D eigenvalue weighted by atomic mass is 16.7. The van der Waals surface area contributed by atoms with E-state index in [0.717, 1.165) is 19.3 Å². The molecule has 0 aliphatic heterocycles. The molecule has 0 fully saturated rings. The molecule has 126 valence electrons. The molecule has 0 saturated heterocycles. The molecule has 3 nitrogen and oxygen atoms in total. The second-order valence-corrected chi connectivity index (χ2v) is 6.18. The van der Waals surface area contributed by atoms with Crippen LogP contribution in [0, 0.1) is 17.8 Å². The largest absolute Gasteiger partial charge is 0.639 e. The maximum absolute atomic E-state index is 5.77. The summed E-state index contributed by atoms with van der Waals surface area (Å²) in [5, 5.41) is 0. The molecular formula is C18H33BO3. The third kappa shape index (κ3) is 11.8. The summed E-state index contributed by atoms with van der Waals surface area (Å²) in [5.74, 6) is 1.22. The Labute approximate surface area is 137 Å². The molecule has 0 heterocycles.